The second kappa shape index (κ2) is 6.51. The highest BCUT2D eigenvalue weighted by Gasteiger charge is 2.22. The molecule has 7 nitrogen and oxygen atoms in total. The van der Waals surface area contributed by atoms with Crippen LogP contribution in [0, 0.1) is 0 Å². The fourth-order valence-electron chi connectivity index (χ4n) is 2.50. The van der Waals surface area contributed by atoms with Crippen molar-refractivity contribution in [1.82, 2.24) is 14.9 Å². The molecule has 0 spiro atoms. The predicted molar refractivity (Wildman–Crippen MR) is 87.2 cm³/mol. The van der Waals surface area contributed by atoms with E-state index in [1.165, 1.54) is 0 Å². The minimum atomic E-state index is -0.156. The van der Waals surface area contributed by atoms with Crippen molar-refractivity contribution in [3.8, 4) is 5.75 Å². The van der Waals surface area contributed by atoms with E-state index in [4.69, 9.17) is 10.5 Å². The van der Waals surface area contributed by atoms with Crippen LogP contribution in [-0.4, -0.2) is 34.1 Å². The molecule has 1 aromatic carbocycles. The third-order valence-electron chi connectivity index (χ3n) is 3.67. The van der Waals surface area contributed by atoms with Gasteiger partial charge in [0, 0.05) is 18.4 Å². The van der Waals surface area contributed by atoms with Crippen LogP contribution in [0.25, 0.3) is 0 Å². The molecule has 0 atom stereocenters. The van der Waals surface area contributed by atoms with Gasteiger partial charge in [-0.2, -0.15) is 0 Å². The molecule has 0 bridgehead atoms. The summed E-state index contributed by atoms with van der Waals surface area (Å²) in [7, 11) is 0. The predicted octanol–water partition coefficient (Wildman–Crippen LogP) is 2.05. The highest BCUT2D eigenvalue weighted by molar-refractivity contribution is 5.89. The number of nitrogens with one attached hydrogen (secondary N) is 1. The van der Waals surface area contributed by atoms with Crippen molar-refractivity contribution in [2.45, 2.75) is 19.9 Å². The van der Waals surface area contributed by atoms with Gasteiger partial charge < -0.3 is 20.7 Å². The molecule has 2 amide bonds. The summed E-state index contributed by atoms with van der Waals surface area (Å²) in [6, 6.07) is 7.15. The highest BCUT2D eigenvalue weighted by atomic mass is 16.5. The van der Waals surface area contributed by atoms with Crippen molar-refractivity contribution in [2.75, 3.05) is 24.2 Å². The van der Waals surface area contributed by atoms with Gasteiger partial charge in [-0.25, -0.2) is 14.8 Å². The zero-order valence-electron chi connectivity index (χ0n) is 13.0. The molecule has 23 heavy (non-hydrogen) atoms. The van der Waals surface area contributed by atoms with Crippen molar-refractivity contribution in [3.63, 3.8) is 0 Å². The van der Waals surface area contributed by atoms with Crippen LogP contribution in [0.5, 0.6) is 5.75 Å². The Morgan fingerprint density at radius 2 is 2.17 bits per heavy atom. The second-order valence-corrected chi connectivity index (χ2v) is 5.26. The number of urea groups is 1. The van der Waals surface area contributed by atoms with Gasteiger partial charge in [0.1, 0.15) is 5.75 Å². The number of fused-ring (bicyclic) bond motifs is 1. The molecule has 0 unspecified atom stereocenters. The van der Waals surface area contributed by atoms with Gasteiger partial charge in [0.05, 0.1) is 18.8 Å². The first-order chi connectivity index (χ1) is 11.2. The third-order valence-corrected chi connectivity index (χ3v) is 3.67. The van der Waals surface area contributed by atoms with Crippen molar-refractivity contribution in [3.05, 3.63) is 41.7 Å². The first-order valence-corrected chi connectivity index (χ1v) is 7.54. The Hall–Kier alpha value is -2.83. The first kappa shape index (κ1) is 15.1. The summed E-state index contributed by atoms with van der Waals surface area (Å²) >= 11 is 0. The highest BCUT2D eigenvalue weighted by Crippen LogP contribution is 2.19. The Labute approximate surface area is 134 Å². The molecule has 1 aliphatic heterocycles. The lowest BCUT2D eigenvalue weighted by molar-refractivity contribution is 0.205. The number of anilines is 2. The van der Waals surface area contributed by atoms with Crippen LogP contribution in [-0.2, 0) is 13.0 Å². The summed E-state index contributed by atoms with van der Waals surface area (Å²) in [6.45, 7) is 3.61. The quantitative estimate of drug-likeness (QED) is 0.904. The van der Waals surface area contributed by atoms with E-state index < -0.39 is 0 Å². The van der Waals surface area contributed by atoms with Gasteiger partial charge in [-0.15, -0.1) is 0 Å². The smallest absolute Gasteiger partial charge is 0.322 e. The number of ether oxygens (including phenoxy) is 1. The number of carbonyl (C=O) groups is 1. The van der Waals surface area contributed by atoms with Gasteiger partial charge >= 0.3 is 6.03 Å². The summed E-state index contributed by atoms with van der Waals surface area (Å²) in [4.78, 5) is 22.3. The summed E-state index contributed by atoms with van der Waals surface area (Å²) in [5.41, 5.74) is 8.20. The van der Waals surface area contributed by atoms with Gasteiger partial charge in [-0.05, 0) is 43.2 Å². The van der Waals surface area contributed by atoms with E-state index in [9.17, 15) is 4.79 Å². The standard InChI is InChI=1S/C16H19N5O2/c1-2-23-13-5-3-12(4-6-13)19-16(22)21-8-7-11-9-18-15(17)20-14(11)10-21/h3-6,9H,2,7-8,10H2,1H3,(H,19,22)(H2,17,18,20). The van der Waals surface area contributed by atoms with E-state index in [2.05, 4.69) is 15.3 Å². The van der Waals surface area contributed by atoms with Crippen LogP contribution in [0.1, 0.15) is 18.2 Å². The van der Waals surface area contributed by atoms with Crippen molar-refractivity contribution in [1.29, 1.82) is 0 Å². The zero-order chi connectivity index (χ0) is 16.2. The summed E-state index contributed by atoms with van der Waals surface area (Å²) in [5, 5.41) is 2.88. The third kappa shape index (κ3) is 3.50. The summed E-state index contributed by atoms with van der Waals surface area (Å²) < 4.78 is 5.38. The van der Waals surface area contributed by atoms with Gasteiger partial charge in [0.15, 0.2) is 0 Å². The average Bonchev–Trinajstić information content (AvgIpc) is 2.56. The number of hydrogen-bond acceptors (Lipinski definition) is 5. The number of amides is 2. The topological polar surface area (TPSA) is 93.4 Å². The van der Waals surface area contributed by atoms with Gasteiger partial charge in [-0.1, -0.05) is 0 Å². The van der Waals surface area contributed by atoms with Crippen LogP contribution in [0.2, 0.25) is 0 Å². The van der Waals surface area contributed by atoms with Crippen LogP contribution in [0.3, 0.4) is 0 Å². The largest absolute Gasteiger partial charge is 0.494 e. The SMILES string of the molecule is CCOc1ccc(NC(=O)N2CCc3cnc(N)nc3C2)cc1. The average molecular weight is 313 g/mol. The Balaban J connectivity index is 1.65. The molecule has 0 aliphatic carbocycles. The Morgan fingerprint density at radius 1 is 1.39 bits per heavy atom. The molecule has 1 aromatic heterocycles. The van der Waals surface area contributed by atoms with E-state index in [1.807, 2.05) is 31.2 Å². The lowest BCUT2D eigenvalue weighted by Crippen LogP contribution is -2.39. The van der Waals surface area contributed by atoms with E-state index in [1.54, 1.807) is 11.1 Å². The van der Waals surface area contributed by atoms with Crippen molar-refractivity contribution in [2.24, 2.45) is 0 Å². The minimum Gasteiger partial charge on any atom is -0.494 e. The fourth-order valence-corrected chi connectivity index (χ4v) is 2.50. The molecule has 2 aromatic rings. The van der Waals surface area contributed by atoms with Crippen LogP contribution in [0.15, 0.2) is 30.5 Å². The Morgan fingerprint density at radius 3 is 2.91 bits per heavy atom. The maximum Gasteiger partial charge on any atom is 0.322 e. The number of carbonyl (C=O) groups excluding carboxylic acids is 1. The fraction of sp³-hybridized carbons (Fsp3) is 0.312. The summed E-state index contributed by atoms with van der Waals surface area (Å²) in [6.07, 6.45) is 2.46. The van der Waals surface area contributed by atoms with Crippen LogP contribution < -0.4 is 15.8 Å². The van der Waals surface area contributed by atoms with Crippen molar-refractivity contribution < 1.29 is 9.53 Å². The van der Waals surface area contributed by atoms with Gasteiger partial charge in [-0.3, -0.25) is 0 Å². The molecule has 0 radical (unpaired) electrons. The number of benzene rings is 1. The Kier molecular flexibility index (Phi) is 4.27. The van der Waals surface area contributed by atoms with E-state index >= 15 is 0 Å². The number of nitrogens with zero attached hydrogens (tertiary/aromatic N) is 3. The second-order valence-electron chi connectivity index (χ2n) is 5.26. The van der Waals surface area contributed by atoms with Crippen molar-refractivity contribution >= 4 is 17.7 Å². The Bertz CT molecular complexity index is 702. The molecular weight excluding hydrogens is 294 g/mol. The molecule has 120 valence electrons. The first-order valence-electron chi connectivity index (χ1n) is 7.54. The molecular formula is C16H19N5O2. The normalized spacial score (nSPS) is 13.3. The van der Waals surface area contributed by atoms with E-state index in [0.29, 0.717) is 19.7 Å². The lowest BCUT2D eigenvalue weighted by atomic mass is 10.1. The number of aromatic nitrogens is 2. The van der Waals surface area contributed by atoms with Crippen LogP contribution in [0.4, 0.5) is 16.4 Å². The number of hydrogen-bond donors (Lipinski definition) is 2. The molecule has 1 aliphatic rings. The number of nitrogen functional groups attached to an aromatic ring is 1. The number of nitrogens with two attached hydrogens (primary N) is 1. The molecule has 0 saturated heterocycles. The molecule has 3 N–H and O–H groups in total. The van der Waals surface area contributed by atoms with E-state index in [-0.39, 0.29) is 12.0 Å². The summed E-state index contributed by atoms with van der Waals surface area (Å²) in [5.74, 6) is 1.02. The van der Waals surface area contributed by atoms with Gasteiger partial charge in [0.25, 0.3) is 0 Å². The van der Waals surface area contributed by atoms with Crippen LogP contribution >= 0.6 is 0 Å². The number of rotatable bonds is 3. The monoisotopic (exact) mass is 313 g/mol. The minimum absolute atomic E-state index is 0.156. The zero-order valence-corrected chi connectivity index (χ0v) is 13.0. The maximum atomic E-state index is 12.4. The van der Waals surface area contributed by atoms with E-state index in [0.717, 1.165) is 29.1 Å². The maximum absolute atomic E-state index is 12.4. The lowest BCUT2D eigenvalue weighted by Gasteiger charge is -2.28. The molecule has 0 fully saturated rings. The molecule has 2 heterocycles. The van der Waals surface area contributed by atoms with Gasteiger partial charge in [0.2, 0.25) is 5.95 Å². The molecule has 7 heteroatoms. The molecule has 0 saturated carbocycles. The molecule has 3 rings (SSSR count).